The summed E-state index contributed by atoms with van der Waals surface area (Å²) in [6.07, 6.45) is -13.0. The molecule has 0 aliphatic heterocycles. The van der Waals surface area contributed by atoms with Crippen molar-refractivity contribution in [1.82, 2.24) is 29.1 Å². The van der Waals surface area contributed by atoms with Gasteiger partial charge in [-0.1, -0.05) is 29.8 Å². The van der Waals surface area contributed by atoms with E-state index in [1.165, 1.54) is 42.5 Å². The van der Waals surface area contributed by atoms with Crippen LogP contribution in [0, 0.1) is 0 Å². The molecule has 224 valence electrons. The molecule has 0 fully saturated rings. The van der Waals surface area contributed by atoms with Crippen LogP contribution in [0.1, 0.15) is 22.8 Å². The molecule has 2 heterocycles. The number of benzene rings is 2. The molecule has 0 amide bonds. The fourth-order valence-corrected chi connectivity index (χ4v) is 4.12. The van der Waals surface area contributed by atoms with E-state index in [1.807, 2.05) is 0 Å². The van der Waals surface area contributed by atoms with Crippen molar-refractivity contribution in [3.8, 4) is 11.4 Å². The number of aliphatic hydroxyl groups excluding tert-OH is 1. The first-order valence-electron chi connectivity index (χ1n) is 12.0. The first kappa shape index (κ1) is 30.8. The van der Waals surface area contributed by atoms with Crippen molar-refractivity contribution in [3.05, 3.63) is 86.8 Å². The first-order chi connectivity index (χ1) is 19.7. The average molecular weight is 619 g/mol. The van der Waals surface area contributed by atoms with Gasteiger partial charge >= 0.3 is 24.0 Å². The summed E-state index contributed by atoms with van der Waals surface area (Å²) in [5.41, 5.74) is -1.94. The molecule has 42 heavy (non-hydrogen) atoms. The summed E-state index contributed by atoms with van der Waals surface area (Å²) in [5, 5.41) is 18.2. The molecular formula is C25H21ClF6N6O4. The number of aromatic nitrogens is 6. The normalized spacial score (nSPS) is 12.9. The third-order valence-electron chi connectivity index (χ3n) is 6.02. The minimum absolute atomic E-state index is 0.0787. The van der Waals surface area contributed by atoms with Gasteiger partial charge in [0.2, 0.25) is 0 Å². The van der Waals surface area contributed by atoms with E-state index >= 15 is 0 Å². The van der Waals surface area contributed by atoms with Crippen LogP contribution in [0.15, 0.2) is 53.3 Å². The average Bonchev–Trinajstić information content (AvgIpc) is 3.43. The van der Waals surface area contributed by atoms with Gasteiger partial charge in [-0.3, -0.25) is 9.36 Å². The number of hydrogen-bond acceptors (Lipinski definition) is 7. The Kier molecular flexibility index (Phi) is 8.77. The second-order valence-corrected chi connectivity index (χ2v) is 9.38. The van der Waals surface area contributed by atoms with E-state index in [-0.39, 0.29) is 28.6 Å². The Morgan fingerprint density at radius 3 is 2.31 bits per heavy atom. The van der Waals surface area contributed by atoms with Crippen LogP contribution in [0.4, 0.5) is 26.3 Å². The predicted molar refractivity (Wildman–Crippen MR) is 134 cm³/mol. The van der Waals surface area contributed by atoms with Crippen LogP contribution in [0.3, 0.4) is 0 Å². The van der Waals surface area contributed by atoms with Crippen LogP contribution in [0.5, 0.6) is 0 Å². The molecule has 4 rings (SSSR count). The molecule has 1 unspecified atom stereocenters. The lowest BCUT2D eigenvalue weighted by molar-refractivity contribution is -0.207. The molecule has 0 radical (unpaired) electrons. The highest BCUT2D eigenvalue weighted by Crippen LogP contribution is 2.32. The van der Waals surface area contributed by atoms with Crippen LogP contribution in [0.25, 0.3) is 11.4 Å². The summed E-state index contributed by atoms with van der Waals surface area (Å²) in [6, 6.07) is 10.4. The largest absolute Gasteiger partial charge is 0.468 e. The van der Waals surface area contributed by atoms with E-state index in [9.17, 15) is 41.0 Å². The van der Waals surface area contributed by atoms with Gasteiger partial charge in [-0.2, -0.15) is 31.4 Å². The smallest absolute Gasteiger partial charge is 0.416 e. The second-order valence-electron chi connectivity index (χ2n) is 8.95. The Morgan fingerprint density at radius 1 is 1.02 bits per heavy atom. The topological polar surface area (TPSA) is 117 Å². The Bertz CT molecular complexity index is 1630. The molecule has 0 saturated heterocycles. The quantitative estimate of drug-likeness (QED) is 0.225. The van der Waals surface area contributed by atoms with E-state index in [2.05, 4.69) is 19.9 Å². The number of hydrogen-bond donors (Lipinski definition) is 1. The van der Waals surface area contributed by atoms with Crippen LogP contribution in [-0.4, -0.2) is 59.6 Å². The van der Waals surface area contributed by atoms with Gasteiger partial charge in [-0.15, -0.1) is 5.10 Å². The minimum Gasteiger partial charge on any atom is -0.468 e. The molecule has 0 bridgehead atoms. The molecule has 2 aromatic carbocycles. The zero-order valence-electron chi connectivity index (χ0n) is 21.5. The lowest BCUT2D eigenvalue weighted by Crippen LogP contribution is -2.37. The molecular weight excluding hydrogens is 598 g/mol. The second kappa shape index (κ2) is 12.0. The maximum absolute atomic E-state index is 13.6. The van der Waals surface area contributed by atoms with Gasteiger partial charge < -0.3 is 9.84 Å². The molecule has 0 aliphatic carbocycles. The number of methoxy groups -OCH3 is 1. The Hall–Kier alpha value is -4.18. The monoisotopic (exact) mass is 618 g/mol. The van der Waals surface area contributed by atoms with Gasteiger partial charge in [0.05, 0.1) is 19.2 Å². The van der Waals surface area contributed by atoms with Crippen molar-refractivity contribution in [2.45, 2.75) is 44.5 Å². The standard InChI is InChI=1S/C25H21ClF6N6O4/c1-42-21(40)13-37-20(10-15-4-2-3-5-17(15)24(27,28)29)33-19(34-37)12-38-23(41)36(11-18(39)25(30,31)32)22(35-38)14-6-8-16(26)9-7-14/h2-9,18,39H,10-13H2,1H3. The van der Waals surface area contributed by atoms with Crippen LogP contribution in [0.2, 0.25) is 5.02 Å². The van der Waals surface area contributed by atoms with Crippen molar-refractivity contribution in [2.24, 2.45) is 0 Å². The molecule has 17 heteroatoms. The molecule has 0 aliphatic rings. The van der Waals surface area contributed by atoms with E-state index in [1.54, 1.807) is 0 Å². The zero-order valence-corrected chi connectivity index (χ0v) is 22.3. The zero-order chi connectivity index (χ0) is 30.8. The molecule has 4 aromatic rings. The highest BCUT2D eigenvalue weighted by molar-refractivity contribution is 6.30. The first-order valence-corrected chi connectivity index (χ1v) is 12.4. The van der Waals surface area contributed by atoms with Gasteiger partial charge in [0, 0.05) is 17.0 Å². The number of carbonyl (C=O) groups excluding carboxylic acids is 1. The van der Waals surface area contributed by atoms with E-state index in [0.717, 1.165) is 22.5 Å². The van der Waals surface area contributed by atoms with E-state index in [4.69, 9.17) is 11.6 Å². The van der Waals surface area contributed by atoms with Gasteiger partial charge in [0.1, 0.15) is 18.9 Å². The molecule has 2 aromatic heterocycles. The lowest BCUT2D eigenvalue weighted by Gasteiger charge is -2.15. The van der Waals surface area contributed by atoms with Crippen molar-refractivity contribution in [2.75, 3.05) is 7.11 Å². The summed E-state index contributed by atoms with van der Waals surface area (Å²) in [5.74, 6) is -1.27. The molecule has 0 spiro atoms. The Labute approximate surface area is 237 Å². The molecule has 1 N–H and O–H groups in total. The number of halogens is 7. The lowest BCUT2D eigenvalue weighted by atomic mass is 10.0. The fraction of sp³-hybridized carbons (Fsp3) is 0.320. The number of rotatable bonds is 9. The predicted octanol–water partition coefficient (Wildman–Crippen LogP) is 3.71. The summed E-state index contributed by atoms with van der Waals surface area (Å²) < 4.78 is 87.0. The van der Waals surface area contributed by atoms with Crippen LogP contribution < -0.4 is 5.69 Å². The van der Waals surface area contributed by atoms with Crippen LogP contribution in [-0.2, 0) is 41.8 Å². The number of aliphatic hydroxyl groups is 1. The summed E-state index contributed by atoms with van der Waals surface area (Å²) >= 11 is 5.89. The highest BCUT2D eigenvalue weighted by atomic mass is 35.5. The SMILES string of the molecule is COC(=O)Cn1nc(Cn2nc(-c3ccc(Cl)cc3)n(CC(O)C(F)(F)F)c2=O)nc1Cc1ccccc1C(F)(F)F. The maximum atomic E-state index is 13.6. The number of carbonyl (C=O) groups is 1. The Morgan fingerprint density at radius 2 is 1.69 bits per heavy atom. The van der Waals surface area contributed by atoms with E-state index in [0.29, 0.717) is 9.59 Å². The number of esters is 1. The molecule has 10 nitrogen and oxygen atoms in total. The summed E-state index contributed by atoms with van der Waals surface area (Å²) in [4.78, 5) is 29.3. The van der Waals surface area contributed by atoms with E-state index < -0.39 is 61.7 Å². The third-order valence-corrected chi connectivity index (χ3v) is 6.27. The molecule has 0 saturated carbocycles. The minimum atomic E-state index is -5.03. The Balaban J connectivity index is 1.75. The molecule has 1 atom stereocenters. The third kappa shape index (κ3) is 6.99. The van der Waals surface area contributed by atoms with Gasteiger partial charge in [-0.05, 0) is 35.9 Å². The summed E-state index contributed by atoms with van der Waals surface area (Å²) in [6.45, 7) is -2.23. The maximum Gasteiger partial charge on any atom is 0.416 e. The number of nitrogens with zero attached hydrogens (tertiary/aromatic N) is 6. The highest BCUT2D eigenvalue weighted by Gasteiger charge is 2.39. The number of alkyl halides is 6. The van der Waals surface area contributed by atoms with Gasteiger partial charge in [-0.25, -0.2) is 19.1 Å². The number of ether oxygens (including phenoxy) is 1. The van der Waals surface area contributed by atoms with Crippen molar-refractivity contribution in [3.63, 3.8) is 0 Å². The summed E-state index contributed by atoms with van der Waals surface area (Å²) in [7, 11) is 1.10. The van der Waals surface area contributed by atoms with Gasteiger partial charge in [0.25, 0.3) is 0 Å². The van der Waals surface area contributed by atoms with Crippen molar-refractivity contribution < 1.29 is 41.0 Å². The van der Waals surface area contributed by atoms with Crippen LogP contribution >= 0.6 is 11.6 Å². The van der Waals surface area contributed by atoms with Crippen molar-refractivity contribution >= 4 is 17.6 Å². The van der Waals surface area contributed by atoms with Gasteiger partial charge in [0.15, 0.2) is 17.8 Å². The van der Waals surface area contributed by atoms with Crippen molar-refractivity contribution in [1.29, 1.82) is 0 Å². The fourth-order valence-electron chi connectivity index (χ4n) is 3.99.